The predicted octanol–water partition coefficient (Wildman–Crippen LogP) is 11.9. The maximum Gasteiger partial charge on any atom is 0.212 e. The third-order valence-corrected chi connectivity index (χ3v) is 11.3. The summed E-state index contributed by atoms with van der Waals surface area (Å²) in [5.41, 5.74) is 16.8. The van der Waals surface area contributed by atoms with E-state index in [1.807, 2.05) is 12.1 Å². The van der Waals surface area contributed by atoms with Crippen molar-refractivity contribution in [1.82, 2.24) is 0 Å². The van der Waals surface area contributed by atoms with Crippen molar-refractivity contribution in [3.05, 3.63) is 153 Å². The van der Waals surface area contributed by atoms with Crippen LogP contribution in [0.1, 0.15) is 62.8 Å². The van der Waals surface area contributed by atoms with Crippen LogP contribution in [-0.2, 0) is 10.8 Å². The van der Waals surface area contributed by atoms with Crippen LogP contribution in [-0.4, -0.2) is 24.4 Å². The summed E-state index contributed by atoms with van der Waals surface area (Å²) in [6, 6.07) is 29.9. The molecule has 0 aromatic heterocycles. The Balaban J connectivity index is 1.13. The number of aryl methyl sites for hydroxylation is 2. The van der Waals surface area contributed by atoms with Gasteiger partial charge in [-0.1, -0.05) is 74.0 Å². The number of benzene rings is 4. The van der Waals surface area contributed by atoms with Gasteiger partial charge in [0.2, 0.25) is 5.69 Å². The summed E-state index contributed by atoms with van der Waals surface area (Å²) in [5, 5.41) is 8.08. The van der Waals surface area contributed by atoms with Gasteiger partial charge in [0.1, 0.15) is 7.05 Å². The maximum atomic E-state index is 7.13. The number of nitrogens with zero attached hydrogens (tertiary/aromatic N) is 2. The molecule has 3 aliphatic rings. The van der Waals surface area contributed by atoms with Gasteiger partial charge in [-0.25, -0.2) is 0 Å². The first-order valence-electron chi connectivity index (χ1n) is 17.6. The minimum absolute atomic E-state index is 0.156. The molecule has 0 amide bonds. The molecule has 50 heavy (non-hydrogen) atoms. The van der Waals surface area contributed by atoms with E-state index in [2.05, 4.69) is 173 Å². The van der Waals surface area contributed by atoms with Crippen LogP contribution >= 0.6 is 11.6 Å². The summed E-state index contributed by atoms with van der Waals surface area (Å²) in [6.45, 7) is 13.7. The van der Waals surface area contributed by atoms with E-state index >= 15 is 0 Å². The molecule has 1 aliphatic carbocycles. The molecule has 0 unspecified atom stereocenters. The molecule has 2 heterocycles. The van der Waals surface area contributed by atoms with Crippen molar-refractivity contribution in [1.29, 1.82) is 0 Å². The van der Waals surface area contributed by atoms with Crippen molar-refractivity contribution >= 4 is 51.4 Å². The van der Waals surface area contributed by atoms with Crippen molar-refractivity contribution in [3.63, 3.8) is 0 Å². The zero-order chi connectivity index (χ0) is 35.4. The Morgan fingerprint density at radius 2 is 1.28 bits per heavy atom. The number of rotatable bonds is 7. The van der Waals surface area contributed by atoms with Gasteiger partial charge < -0.3 is 15.5 Å². The average Bonchev–Trinajstić information content (AvgIpc) is 3.59. The van der Waals surface area contributed by atoms with E-state index in [9.17, 15) is 0 Å². The largest absolute Gasteiger partial charge is 0.356 e. The number of nitrogens with one attached hydrogen (secondary N) is 2. The first-order chi connectivity index (χ1) is 23.9. The van der Waals surface area contributed by atoms with E-state index in [1.54, 1.807) is 0 Å². The summed E-state index contributed by atoms with van der Waals surface area (Å²) < 4.78 is 2.36. The summed E-state index contributed by atoms with van der Waals surface area (Å²) in [5.74, 6) is 0. The zero-order valence-corrected chi connectivity index (χ0v) is 31.3. The number of hydrogen-bond acceptors (Lipinski definition) is 3. The Morgan fingerprint density at radius 1 is 0.700 bits per heavy atom. The highest BCUT2D eigenvalue weighted by Crippen LogP contribution is 2.50. The molecule has 5 heteroatoms. The number of para-hydroxylation sites is 2. The fraction of sp³-hybridized carbons (Fsp3) is 0.267. The lowest BCUT2D eigenvalue weighted by Gasteiger charge is -2.24. The molecule has 4 nitrogen and oxygen atoms in total. The van der Waals surface area contributed by atoms with E-state index in [0.717, 1.165) is 40.6 Å². The summed E-state index contributed by atoms with van der Waals surface area (Å²) in [6.07, 6.45) is 11.0. The number of halogens is 1. The van der Waals surface area contributed by atoms with E-state index in [1.165, 1.54) is 56.2 Å². The van der Waals surface area contributed by atoms with E-state index < -0.39 is 0 Å². The summed E-state index contributed by atoms with van der Waals surface area (Å²) in [7, 11) is 4.37. The van der Waals surface area contributed by atoms with Gasteiger partial charge in [-0.2, -0.15) is 4.58 Å². The van der Waals surface area contributed by atoms with Crippen LogP contribution in [0.5, 0.6) is 0 Å². The van der Waals surface area contributed by atoms with Crippen molar-refractivity contribution in [3.8, 4) is 0 Å². The quantitative estimate of drug-likeness (QED) is 0.191. The normalized spacial score (nSPS) is 19.3. The summed E-state index contributed by atoms with van der Waals surface area (Å²) in [4.78, 5) is 2.36. The van der Waals surface area contributed by atoms with Crippen LogP contribution in [0.4, 0.5) is 34.1 Å². The van der Waals surface area contributed by atoms with Gasteiger partial charge >= 0.3 is 0 Å². The van der Waals surface area contributed by atoms with Crippen LogP contribution in [0.2, 0.25) is 0 Å². The molecular weight excluding hydrogens is 632 g/mol. The fourth-order valence-electron chi connectivity index (χ4n) is 8.29. The second-order valence-electron chi connectivity index (χ2n) is 15.0. The Kier molecular flexibility index (Phi) is 8.64. The second-order valence-corrected chi connectivity index (χ2v) is 15.4. The van der Waals surface area contributed by atoms with Gasteiger partial charge in [0.15, 0.2) is 5.71 Å². The Hall–Kier alpha value is -4.80. The number of allylic oxidation sites excluding steroid dienone is 8. The third-order valence-electron chi connectivity index (χ3n) is 10.9. The lowest BCUT2D eigenvalue weighted by Crippen LogP contribution is -2.26. The predicted molar refractivity (Wildman–Crippen MR) is 215 cm³/mol. The molecule has 0 saturated heterocycles. The lowest BCUT2D eigenvalue weighted by atomic mass is 9.80. The molecule has 4 aromatic rings. The number of fused-ring (bicyclic) bond motifs is 2. The minimum Gasteiger partial charge on any atom is -0.356 e. The smallest absolute Gasteiger partial charge is 0.212 e. The molecule has 4 aromatic carbocycles. The number of likely N-dealkylation sites (N-methyl/N-ethyl adjacent to an activating group) is 1. The SMILES string of the molecule is Cc1cc(Nc2ccccc2)cc2c1N(C)C(=CC=C1CCC(C=CC3=[N+](C)c4c(C)cc(Nc5ccccc5)cc4C3(C)C)=C1Cl)C2(C)C. The van der Waals surface area contributed by atoms with Crippen LogP contribution in [0.3, 0.4) is 0 Å². The van der Waals surface area contributed by atoms with Crippen molar-refractivity contribution in [2.75, 3.05) is 29.6 Å². The van der Waals surface area contributed by atoms with Crippen molar-refractivity contribution < 1.29 is 4.58 Å². The van der Waals surface area contributed by atoms with Crippen LogP contribution < -0.4 is 15.5 Å². The third kappa shape index (κ3) is 5.90. The van der Waals surface area contributed by atoms with Gasteiger partial charge in [-0.05, 0) is 117 Å². The van der Waals surface area contributed by atoms with Crippen LogP contribution in [0.15, 0.2) is 131 Å². The van der Waals surface area contributed by atoms with Gasteiger partial charge in [-0.3, -0.25) is 0 Å². The minimum atomic E-state index is -0.156. The molecule has 0 spiro atoms. The molecule has 0 fully saturated rings. The first-order valence-corrected chi connectivity index (χ1v) is 18.0. The lowest BCUT2D eigenvalue weighted by molar-refractivity contribution is -0.402. The van der Waals surface area contributed by atoms with Crippen LogP contribution in [0.25, 0.3) is 0 Å². The molecule has 0 radical (unpaired) electrons. The first kappa shape index (κ1) is 33.7. The Morgan fingerprint density at radius 3 is 1.90 bits per heavy atom. The highest BCUT2D eigenvalue weighted by Gasteiger charge is 2.44. The highest BCUT2D eigenvalue weighted by molar-refractivity contribution is 6.33. The van der Waals surface area contributed by atoms with Gasteiger partial charge in [0.05, 0.1) is 5.41 Å². The van der Waals surface area contributed by atoms with Crippen molar-refractivity contribution in [2.45, 2.75) is 65.2 Å². The van der Waals surface area contributed by atoms with Gasteiger partial charge in [0.25, 0.3) is 0 Å². The molecule has 7 rings (SSSR count). The topological polar surface area (TPSA) is 30.3 Å². The molecule has 0 atom stereocenters. The van der Waals surface area contributed by atoms with Gasteiger partial charge in [-0.15, -0.1) is 0 Å². The zero-order valence-electron chi connectivity index (χ0n) is 30.6. The molecular formula is C45H48ClN4+. The highest BCUT2D eigenvalue weighted by atomic mass is 35.5. The van der Waals surface area contributed by atoms with Crippen LogP contribution in [0, 0.1) is 13.8 Å². The molecule has 2 aliphatic heterocycles. The Bertz CT molecular complexity index is 2150. The van der Waals surface area contributed by atoms with Crippen molar-refractivity contribution in [2.24, 2.45) is 0 Å². The average molecular weight is 680 g/mol. The molecule has 2 N–H and O–H groups in total. The fourth-order valence-corrected chi connectivity index (χ4v) is 8.60. The van der Waals surface area contributed by atoms with E-state index in [0.29, 0.717) is 0 Å². The summed E-state index contributed by atoms with van der Waals surface area (Å²) >= 11 is 7.13. The van der Waals surface area contributed by atoms with E-state index in [4.69, 9.17) is 11.6 Å². The second kappa shape index (κ2) is 12.8. The molecule has 254 valence electrons. The number of anilines is 5. The van der Waals surface area contributed by atoms with E-state index in [-0.39, 0.29) is 10.8 Å². The standard InChI is InChI=1S/C45H48ClN4/c1-29-25-35(47-33-15-11-9-12-16-33)27-37-42(29)49(7)39(44(37,3)4)23-21-31-19-20-32(41(31)46)22-24-40-45(5,6)38-28-36(26-30(2)43(38)50(40)8)48-34-17-13-10-14-18-34/h9-18,21-28,47-48H,19-20H2,1-8H3/q+1. The Labute approximate surface area is 303 Å². The maximum absolute atomic E-state index is 7.13. The number of hydrogen-bond donors (Lipinski definition) is 2. The monoisotopic (exact) mass is 679 g/mol. The molecule has 0 saturated carbocycles. The van der Waals surface area contributed by atoms with Gasteiger partial charge in [0, 0.05) is 68.8 Å². The molecule has 0 bridgehead atoms.